The Morgan fingerprint density at radius 1 is 0.829 bits per heavy atom. The maximum absolute atomic E-state index is 5.12. The summed E-state index contributed by atoms with van der Waals surface area (Å²) in [6.45, 7) is 5.10. The smallest absolute Gasteiger partial charge is 0.205 e. The first-order valence-electron chi connectivity index (χ1n) is 14.0. The van der Waals surface area contributed by atoms with E-state index in [-0.39, 0.29) is 0 Å². The van der Waals surface area contributed by atoms with Crippen LogP contribution in [0.1, 0.15) is 30.3 Å². The molecule has 0 aliphatic carbocycles. The van der Waals surface area contributed by atoms with Crippen LogP contribution in [0.2, 0.25) is 0 Å². The molecule has 0 saturated heterocycles. The summed E-state index contributed by atoms with van der Waals surface area (Å²) >= 11 is 0. The van der Waals surface area contributed by atoms with Gasteiger partial charge in [-0.05, 0) is 64.4 Å². The van der Waals surface area contributed by atoms with Gasteiger partial charge in [0.25, 0.3) is 0 Å². The van der Waals surface area contributed by atoms with Crippen molar-refractivity contribution in [2.45, 2.75) is 33.2 Å². The van der Waals surface area contributed by atoms with Gasteiger partial charge < -0.3 is 4.57 Å². The van der Waals surface area contributed by atoms with Crippen LogP contribution in [0.25, 0.3) is 55.6 Å². The fourth-order valence-electron chi connectivity index (χ4n) is 5.70. The summed E-state index contributed by atoms with van der Waals surface area (Å²) in [5.74, 6) is 1.70. The normalized spacial score (nSPS) is 11.5. The summed E-state index contributed by atoms with van der Waals surface area (Å²) in [6.07, 6.45) is 3.85. The lowest BCUT2D eigenvalue weighted by atomic mass is 9.98. The van der Waals surface area contributed by atoms with E-state index in [1.54, 1.807) is 0 Å². The van der Waals surface area contributed by atoms with Crippen molar-refractivity contribution in [2.75, 3.05) is 0 Å². The topological polar surface area (TPSA) is 85.2 Å². The van der Waals surface area contributed by atoms with Gasteiger partial charge in [0.1, 0.15) is 5.82 Å². The zero-order valence-corrected chi connectivity index (χ0v) is 23.0. The summed E-state index contributed by atoms with van der Waals surface area (Å²) in [4.78, 5) is 9.92. The van der Waals surface area contributed by atoms with Crippen molar-refractivity contribution in [1.82, 2.24) is 35.2 Å². The molecule has 0 aliphatic heterocycles. The lowest BCUT2D eigenvalue weighted by Gasteiger charge is -2.12. The predicted octanol–water partition coefficient (Wildman–Crippen LogP) is 7.41. The minimum Gasteiger partial charge on any atom is -0.323 e. The average Bonchev–Trinajstić information content (AvgIpc) is 3.67. The molecule has 41 heavy (non-hydrogen) atoms. The van der Waals surface area contributed by atoms with Gasteiger partial charge in [0.15, 0.2) is 0 Å². The molecule has 0 unspecified atom stereocenters. The molecule has 3 heterocycles. The Balaban J connectivity index is 1.29. The molecule has 7 aromatic rings. The molecular formula is C34H29N7. The summed E-state index contributed by atoms with van der Waals surface area (Å²) < 4.78 is 2.38. The number of nitrogens with one attached hydrogen (secondary N) is 1. The van der Waals surface area contributed by atoms with Gasteiger partial charge in [-0.15, -0.1) is 10.2 Å². The highest BCUT2D eigenvalue weighted by Crippen LogP contribution is 2.33. The largest absolute Gasteiger partial charge is 0.323 e. The van der Waals surface area contributed by atoms with E-state index in [0.717, 1.165) is 75.1 Å². The van der Waals surface area contributed by atoms with E-state index in [4.69, 9.17) is 9.97 Å². The molecule has 1 N–H and O–H groups in total. The quantitative estimate of drug-likeness (QED) is 0.230. The molecule has 3 aromatic heterocycles. The molecule has 0 bridgehead atoms. The number of tetrazole rings is 1. The van der Waals surface area contributed by atoms with Crippen molar-refractivity contribution < 1.29 is 0 Å². The van der Waals surface area contributed by atoms with Gasteiger partial charge in [0.2, 0.25) is 5.82 Å². The molecule has 0 spiro atoms. The number of fused-ring (bicyclic) bond motifs is 2. The van der Waals surface area contributed by atoms with Gasteiger partial charge in [-0.3, -0.25) is 4.98 Å². The Morgan fingerprint density at radius 2 is 1.63 bits per heavy atom. The number of pyridine rings is 1. The van der Waals surface area contributed by atoms with Crippen molar-refractivity contribution >= 4 is 21.8 Å². The number of aryl methyl sites for hydroxylation is 2. The van der Waals surface area contributed by atoms with Gasteiger partial charge in [-0.1, -0.05) is 79.7 Å². The first-order valence-corrected chi connectivity index (χ1v) is 14.0. The molecule has 7 rings (SSSR count). The number of rotatable bonds is 7. The number of aromatic amines is 1. The number of aromatic nitrogens is 7. The van der Waals surface area contributed by atoms with Crippen LogP contribution in [0.5, 0.6) is 0 Å². The van der Waals surface area contributed by atoms with E-state index in [1.165, 1.54) is 10.9 Å². The fourth-order valence-corrected chi connectivity index (χ4v) is 5.70. The van der Waals surface area contributed by atoms with E-state index in [2.05, 4.69) is 112 Å². The maximum atomic E-state index is 5.12. The number of hydrogen-bond donors (Lipinski definition) is 1. The van der Waals surface area contributed by atoms with Gasteiger partial charge >= 0.3 is 0 Å². The molecule has 0 atom stereocenters. The van der Waals surface area contributed by atoms with Crippen LogP contribution < -0.4 is 0 Å². The van der Waals surface area contributed by atoms with Crippen molar-refractivity contribution in [2.24, 2.45) is 0 Å². The maximum Gasteiger partial charge on any atom is 0.205 e. The summed E-state index contributed by atoms with van der Waals surface area (Å²) in [6, 6.07) is 31.9. The molecule has 0 amide bonds. The number of hydrogen-bond acceptors (Lipinski definition) is 5. The van der Waals surface area contributed by atoms with Crippen LogP contribution in [0.4, 0.5) is 0 Å². The molecule has 0 saturated carbocycles. The highest BCUT2D eigenvalue weighted by atomic mass is 15.5. The van der Waals surface area contributed by atoms with Gasteiger partial charge in [0.05, 0.1) is 16.7 Å². The standard InChI is InChI=1S/C34H29N7/c1-3-8-31-36-32-22(2)19-26(33-28-11-5-4-9-24(28)17-18-35-33)20-30(32)41(31)21-23-13-15-25(16-14-23)27-10-6-7-12-29(27)34-37-39-40-38-34/h4-7,9-20H,3,8,21H2,1-2H3,(H,37,38,39,40). The predicted molar refractivity (Wildman–Crippen MR) is 163 cm³/mol. The van der Waals surface area contributed by atoms with Crippen molar-refractivity contribution in [3.05, 3.63) is 114 Å². The Labute approximate surface area is 237 Å². The van der Waals surface area contributed by atoms with E-state index in [9.17, 15) is 0 Å². The van der Waals surface area contributed by atoms with E-state index >= 15 is 0 Å². The number of nitrogens with zero attached hydrogens (tertiary/aromatic N) is 6. The van der Waals surface area contributed by atoms with Crippen molar-refractivity contribution in [3.63, 3.8) is 0 Å². The monoisotopic (exact) mass is 535 g/mol. The number of H-pyrrole nitrogens is 1. The molecule has 200 valence electrons. The van der Waals surface area contributed by atoms with Gasteiger partial charge in [-0.25, -0.2) is 4.98 Å². The first kappa shape index (κ1) is 24.8. The van der Waals surface area contributed by atoms with Gasteiger partial charge in [0, 0.05) is 35.7 Å². The zero-order chi connectivity index (χ0) is 27.8. The second kappa shape index (κ2) is 10.4. The third-order valence-corrected chi connectivity index (χ3v) is 7.66. The highest BCUT2D eigenvalue weighted by Gasteiger charge is 2.16. The van der Waals surface area contributed by atoms with E-state index in [1.807, 2.05) is 24.4 Å². The SMILES string of the molecule is CCCc1nc2c(C)cc(-c3nccc4ccccc34)cc2n1Cc1ccc(-c2ccccc2-c2nn[nH]n2)cc1. The first-order chi connectivity index (χ1) is 20.2. The Morgan fingerprint density at radius 3 is 2.44 bits per heavy atom. The van der Waals surface area contributed by atoms with Crippen LogP contribution in [0.15, 0.2) is 97.2 Å². The zero-order valence-electron chi connectivity index (χ0n) is 23.0. The molecule has 0 fully saturated rings. The Kier molecular flexibility index (Phi) is 6.32. The van der Waals surface area contributed by atoms with E-state index < -0.39 is 0 Å². The van der Waals surface area contributed by atoms with Crippen LogP contribution >= 0.6 is 0 Å². The van der Waals surface area contributed by atoms with E-state index in [0.29, 0.717) is 5.82 Å². The van der Waals surface area contributed by atoms with Crippen molar-refractivity contribution in [1.29, 1.82) is 0 Å². The second-order valence-corrected chi connectivity index (χ2v) is 10.4. The minimum atomic E-state index is 0.589. The van der Waals surface area contributed by atoms with Crippen LogP contribution in [0, 0.1) is 6.92 Å². The third-order valence-electron chi connectivity index (χ3n) is 7.66. The number of imidazole rings is 1. The highest BCUT2D eigenvalue weighted by molar-refractivity contribution is 5.97. The second-order valence-electron chi connectivity index (χ2n) is 10.4. The molecule has 7 nitrogen and oxygen atoms in total. The molecule has 7 heteroatoms. The summed E-state index contributed by atoms with van der Waals surface area (Å²) in [7, 11) is 0. The minimum absolute atomic E-state index is 0.589. The summed E-state index contributed by atoms with van der Waals surface area (Å²) in [5.41, 5.74) is 9.83. The van der Waals surface area contributed by atoms with Crippen molar-refractivity contribution in [3.8, 4) is 33.8 Å². The lowest BCUT2D eigenvalue weighted by Crippen LogP contribution is -2.05. The lowest BCUT2D eigenvalue weighted by molar-refractivity contribution is 0.722. The molecule has 4 aromatic carbocycles. The number of benzene rings is 4. The van der Waals surface area contributed by atoms with Crippen LogP contribution in [-0.4, -0.2) is 35.2 Å². The summed E-state index contributed by atoms with van der Waals surface area (Å²) in [5, 5.41) is 17.0. The molecular weight excluding hydrogens is 506 g/mol. The van der Waals surface area contributed by atoms with Gasteiger partial charge in [-0.2, -0.15) is 5.21 Å². The van der Waals surface area contributed by atoms with Crippen LogP contribution in [0.3, 0.4) is 0 Å². The average molecular weight is 536 g/mol. The molecule has 0 aliphatic rings. The molecule has 0 radical (unpaired) electrons. The third kappa shape index (κ3) is 4.55. The Hall–Kier alpha value is -5.17. The Bertz CT molecular complexity index is 1980. The van der Waals surface area contributed by atoms with Crippen LogP contribution in [-0.2, 0) is 13.0 Å². The fraction of sp³-hybridized carbons (Fsp3) is 0.147.